The molecule has 0 spiro atoms. The minimum atomic E-state index is -0.205. The Kier molecular flexibility index (Phi) is 3.78. The third-order valence-corrected chi connectivity index (χ3v) is 4.18. The van der Waals surface area contributed by atoms with E-state index in [0.717, 1.165) is 21.8 Å². The first-order valence-corrected chi connectivity index (χ1v) is 7.42. The van der Waals surface area contributed by atoms with Crippen LogP contribution in [0.4, 0.5) is 0 Å². The summed E-state index contributed by atoms with van der Waals surface area (Å²) in [6.07, 6.45) is 0. The fraction of sp³-hybridized carbons (Fsp3) is 0.0588. The quantitative estimate of drug-likeness (QED) is 0.799. The summed E-state index contributed by atoms with van der Waals surface area (Å²) in [5.41, 5.74) is 9.85. The van der Waals surface area contributed by atoms with Crippen LogP contribution in [0.2, 0.25) is 0 Å². The van der Waals surface area contributed by atoms with Gasteiger partial charge in [-0.05, 0) is 17.7 Å². The third-order valence-electron chi connectivity index (χ3n) is 3.26. The van der Waals surface area contributed by atoms with Gasteiger partial charge < -0.3 is 5.73 Å². The maximum absolute atomic E-state index is 8.82. The molecule has 3 nitrogen and oxygen atoms in total. The highest BCUT2D eigenvalue weighted by Gasteiger charge is 2.13. The number of rotatable bonds is 3. The molecule has 0 saturated heterocycles. The van der Waals surface area contributed by atoms with Crippen LogP contribution in [0.25, 0.3) is 11.3 Å². The summed E-state index contributed by atoms with van der Waals surface area (Å²) >= 11 is 1.56. The predicted octanol–water partition coefficient (Wildman–Crippen LogP) is 3.73. The zero-order valence-electron chi connectivity index (χ0n) is 11.2. The fourth-order valence-electron chi connectivity index (χ4n) is 2.08. The Balaban J connectivity index is 1.87. The largest absolute Gasteiger partial charge is 0.318 e. The Labute approximate surface area is 127 Å². The van der Waals surface area contributed by atoms with Gasteiger partial charge in [-0.15, -0.1) is 11.3 Å². The molecule has 0 bridgehead atoms. The van der Waals surface area contributed by atoms with E-state index >= 15 is 0 Å². The Hall–Kier alpha value is -2.48. The number of nitrogens with two attached hydrogens (primary N) is 1. The van der Waals surface area contributed by atoms with Crippen LogP contribution in [0.15, 0.2) is 60.0 Å². The molecule has 1 heterocycles. The molecule has 0 aliphatic heterocycles. The predicted molar refractivity (Wildman–Crippen MR) is 84.7 cm³/mol. The molecule has 0 fully saturated rings. The normalized spacial score (nSPS) is 11.8. The first-order valence-electron chi connectivity index (χ1n) is 6.54. The van der Waals surface area contributed by atoms with Gasteiger partial charge in [-0.25, -0.2) is 4.98 Å². The van der Waals surface area contributed by atoms with Crippen LogP contribution in [0.1, 0.15) is 22.2 Å². The molecule has 0 saturated carbocycles. The molecule has 1 unspecified atom stereocenters. The molecule has 102 valence electrons. The van der Waals surface area contributed by atoms with Crippen molar-refractivity contribution in [3.05, 3.63) is 76.1 Å². The zero-order valence-corrected chi connectivity index (χ0v) is 12.0. The van der Waals surface area contributed by atoms with Crippen molar-refractivity contribution >= 4 is 11.3 Å². The Bertz CT molecular complexity index is 770. The van der Waals surface area contributed by atoms with Gasteiger partial charge in [0.2, 0.25) is 0 Å². The number of hydrogen-bond donors (Lipinski definition) is 1. The molecule has 2 N–H and O–H groups in total. The van der Waals surface area contributed by atoms with Crippen LogP contribution >= 0.6 is 11.3 Å². The summed E-state index contributed by atoms with van der Waals surface area (Å²) in [4.78, 5) is 4.62. The molecule has 3 rings (SSSR count). The molecule has 0 aliphatic carbocycles. The average Bonchev–Trinajstić information content (AvgIpc) is 3.05. The van der Waals surface area contributed by atoms with Crippen LogP contribution in [-0.2, 0) is 0 Å². The second-order valence-electron chi connectivity index (χ2n) is 4.65. The van der Waals surface area contributed by atoms with E-state index in [4.69, 9.17) is 11.0 Å². The second kappa shape index (κ2) is 5.88. The molecule has 3 aromatic rings. The number of aromatic nitrogens is 1. The smallest absolute Gasteiger partial charge is 0.115 e. The molecule has 4 heteroatoms. The number of nitriles is 1. The van der Waals surface area contributed by atoms with Crippen LogP contribution in [0.5, 0.6) is 0 Å². The van der Waals surface area contributed by atoms with Crippen molar-refractivity contribution in [2.24, 2.45) is 5.73 Å². The lowest BCUT2D eigenvalue weighted by molar-refractivity contribution is 0.859. The highest BCUT2D eigenvalue weighted by Crippen LogP contribution is 2.27. The van der Waals surface area contributed by atoms with Gasteiger partial charge in [-0.2, -0.15) is 5.26 Å². The van der Waals surface area contributed by atoms with E-state index in [1.54, 1.807) is 23.5 Å². The summed E-state index contributed by atoms with van der Waals surface area (Å²) < 4.78 is 0. The van der Waals surface area contributed by atoms with Crippen molar-refractivity contribution < 1.29 is 0 Å². The molecule has 2 aromatic carbocycles. The van der Waals surface area contributed by atoms with Gasteiger partial charge in [0, 0.05) is 10.9 Å². The molecule has 0 radical (unpaired) electrons. The van der Waals surface area contributed by atoms with Gasteiger partial charge in [0.05, 0.1) is 23.4 Å². The molecule has 1 aromatic heterocycles. The van der Waals surface area contributed by atoms with Gasteiger partial charge in [-0.3, -0.25) is 0 Å². The molecule has 1 atom stereocenters. The highest BCUT2D eigenvalue weighted by molar-refractivity contribution is 7.10. The third kappa shape index (κ3) is 2.84. The number of nitrogens with zero attached hydrogens (tertiary/aromatic N) is 2. The molecular formula is C17H13N3S. The first kappa shape index (κ1) is 13.5. The summed E-state index contributed by atoms with van der Waals surface area (Å²) in [7, 11) is 0. The fourth-order valence-corrected chi connectivity index (χ4v) is 2.94. The van der Waals surface area contributed by atoms with Crippen molar-refractivity contribution in [3.8, 4) is 17.3 Å². The maximum atomic E-state index is 8.82. The Morgan fingerprint density at radius 2 is 1.76 bits per heavy atom. The number of hydrogen-bond acceptors (Lipinski definition) is 4. The molecule has 0 amide bonds. The summed E-state index contributed by atoms with van der Waals surface area (Å²) in [5.74, 6) is 0. The van der Waals surface area contributed by atoms with E-state index in [1.807, 2.05) is 47.8 Å². The van der Waals surface area contributed by atoms with Crippen LogP contribution in [0.3, 0.4) is 0 Å². The van der Waals surface area contributed by atoms with E-state index in [0.29, 0.717) is 5.56 Å². The van der Waals surface area contributed by atoms with E-state index in [-0.39, 0.29) is 6.04 Å². The molecule has 21 heavy (non-hydrogen) atoms. The summed E-state index contributed by atoms with van der Waals surface area (Å²) in [5, 5.41) is 11.7. The van der Waals surface area contributed by atoms with E-state index in [1.165, 1.54) is 0 Å². The highest BCUT2D eigenvalue weighted by atomic mass is 32.1. The summed E-state index contributed by atoms with van der Waals surface area (Å²) in [6, 6.07) is 19.3. The standard InChI is InChI=1S/C17H13N3S/c18-10-12-6-8-13(9-7-12)15-11-21-17(20-15)16(19)14-4-2-1-3-5-14/h1-9,11,16H,19H2. The van der Waals surface area contributed by atoms with Gasteiger partial charge >= 0.3 is 0 Å². The van der Waals surface area contributed by atoms with E-state index in [2.05, 4.69) is 11.1 Å². The van der Waals surface area contributed by atoms with Crippen molar-refractivity contribution in [3.63, 3.8) is 0 Å². The number of thiazole rings is 1. The van der Waals surface area contributed by atoms with Crippen LogP contribution < -0.4 is 5.73 Å². The molecule has 0 aliphatic rings. The molecular weight excluding hydrogens is 278 g/mol. The lowest BCUT2D eigenvalue weighted by atomic mass is 10.1. The lowest BCUT2D eigenvalue weighted by Gasteiger charge is -2.08. The first-order chi connectivity index (χ1) is 10.3. The van der Waals surface area contributed by atoms with E-state index in [9.17, 15) is 0 Å². The zero-order chi connectivity index (χ0) is 14.7. The maximum Gasteiger partial charge on any atom is 0.115 e. The lowest BCUT2D eigenvalue weighted by Crippen LogP contribution is -2.11. The SMILES string of the molecule is N#Cc1ccc(-c2csc(C(N)c3ccccc3)n2)cc1. The number of benzene rings is 2. The van der Waals surface area contributed by atoms with Crippen molar-refractivity contribution in [2.45, 2.75) is 6.04 Å². The van der Waals surface area contributed by atoms with Gasteiger partial charge in [-0.1, -0.05) is 42.5 Å². The van der Waals surface area contributed by atoms with Crippen LogP contribution in [0, 0.1) is 11.3 Å². The van der Waals surface area contributed by atoms with Crippen molar-refractivity contribution in [1.82, 2.24) is 4.98 Å². The van der Waals surface area contributed by atoms with Crippen molar-refractivity contribution in [2.75, 3.05) is 0 Å². The minimum absolute atomic E-state index is 0.205. The van der Waals surface area contributed by atoms with E-state index < -0.39 is 0 Å². The van der Waals surface area contributed by atoms with Gasteiger partial charge in [0.1, 0.15) is 5.01 Å². The van der Waals surface area contributed by atoms with Gasteiger partial charge in [0.25, 0.3) is 0 Å². The summed E-state index contributed by atoms with van der Waals surface area (Å²) in [6.45, 7) is 0. The second-order valence-corrected chi connectivity index (χ2v) is 5.54. The van der Waals surface area contributed by atoms with Crippen molar-refractivity contribution in [1.29, 1.82) is 5.26 Å². The average molecular weight is 291 g/mol. The van der Waals surface area contributed by atoms with Crippen LogP contribution in [-0.4, -0.2) is 4.98 Å². The Morgan fingerprint density at radius 3 is 2.43 bits per heavy atom. The van der Waals surface area contributed by atoms with Gasteiger partial charge in [0.15, 0.2) is 0 Å². The Morgan fingerprint density at radius 1 is 1.05 bits per heavy atom. The monoisotopic (exact) mass is 291 g/mol. The minimum Gasteiger partial charge on any atom is -0.318 e. The topological polar surface area (TPSA) is 62.7 Å².